The zero-order chi connectivity index (χ0) is 16.4. The van der Waals surface area contributed by atoms with Gasteiger partial charge >= 0.3 is 5.97 Å². The van der Waals surface area contributed by atoms with Gasteiger partial charge in [0.05, 0.1) is 13.2 Å². The van der Waals surface area contributed by atoms with Crippen LogP contribution in [0.15, 0.2) is 22.6 Å². The maximum atomic E-state index is 12.2. The Bertz CT molecular complexity index is 748. The Morgan fingerprint density at radius 1 is 1.30 bits per heavy atom. The highest BCUT2D eigenvalue weighted by Crippen LogP contribution is 2.28. The lowest BCUT2D eigenvalue weighted by molar-refractivity contribution is -0.138. The van der Waals surface area contributed by atoms with E-state index in [0.29, 0.717) is 42.5 Å². The minimum Gasteiger partial charge on any atom is -0.450 e. The van der Waals surface area contributed by atoms with Gasteiger partial charge in [-0.3, -0.25) is 4.79 Å². The lowest BCUT2D eigenvalue weighted by Crippen LogP contribution is -2.42. The first-order valence-electron chi connectivity index (χ1n) is 7.27. The third kappa shape index (κ3) is 3.33. The molecule has 122 valence electrons. The van der Waals surface area contributed by atoms with Gasteiger partial charge in [-0.05, 0) is 25.1 Å². The Morgan fingerprint density at radius 3 is 2.78 bits per heavy atom. The summed E-state index contributed by atoms with van der Waals surface area (Å²) in [6.45, 7) is 3.47. The molecule has 0 bridgehead atoms. The largest absolute Gasteiger partial charge is 0.450 e. The molecule has 2 aromatic rings. The first-order chi connectivity index (χ1) is 11.1. The van der Waals surface area contributed by atoms with Crippen molar-refractivity contribution < 1.29 is 23.5 Å². The second-order valence-corrected chi connectivity index (χ2v) is 5.70. The molecule has 0 aliphatic carbocycles. The van der Waals surface area contributed by atoms with E-state index in [2.05, 4.69) is 0 Å². The van der Waals surface area contributed by atoms with Crippen LogP contribution in [-0.2, 0) is 14.3 Å². The fourth-order valence-electron chi connectivity index (χ4n) is 2.48. The van der Waals surface area contributed by atoms with Crippen LogP contribution in [0.4, 0.5) is 0 Å². The quantitative estimate of drug-likeness (QED) is 0.804. The summed E-state index contributed by atoms with van der Waals surface area (Å²) in [5.41, 5.74) is 1.20. The van der Waals surface area contributed by atoms with Crippen molar-refractivity contribution in [1.29, 1.82) is 0 Å². The Labute approximate surface area is 137 Å². The first kappa shape index (κ1) is 15.8. The number of hydrogen-bond acceptors (Lipinski definition) is 5. The Morgan fingerprint density at radius 2 is 2.04 bits per heavy atom. The molecule has 0 spiro atoms. The molecule has 0 atom stereocenters. The van der Waals surface area contributed by atoms with E-state index in [1.807, 2.05) is 0 Å². The Hall–Kier alpha value is -2.05. The van der Waals surface area contributed by atoms with E-state index in [1.54, 1.807) is 30.0 Å². The van der Waals surface area contributed by atoms with Gasteiger partial charge in [0, 0.05) is 29.1 Å². The second kappa shape index (κ2) is 6.60. The summed E-state index contributed by atoms with van der Waals surface area (Å²) in [6, 6.07) is 5.11. The van der Waals surface area contributed by atoms with Crippen LogP contribution in [0.3, 0.4) is 0 Å². The van der Waals surface area contributed by atoms with Gasteiger partial charge in [0.2, 0.25) is 5.76 Å². The minimum atomic E-state index is -0.656. The number of nitrogens with zero attached hydrogens (tertiary/aromatic N) is 1. The molecule has 0 N–H and O–H groups in total. The highest BCUT2D eigenvalue weighted by Gasteiger charge is 2.22. The minimum absolute atomic E-state index is 0.0945. The third-order valence-electron chi connectivity index (χ3n) is 3.77. The zero-order valence-electron chi connectivity index (χ0n) is 12.6. The van der Waals surface area contributed by atoms with Crippen LogP contribution in [-0.4, -0.2) is 49.7 Å². The summed E-state index contributed by atoms with van der Waals surface area (Å²) in [7, 11) is 0. The maximum Gasteiger partial charge on any atom is 0.375 e. The molecular weight excluding hydrogens is 322 g/mol. The number of esters is 1. The Balaban J connectivity index is 1.68. The first-order valence-corrected chi connectivity index (χ1v) is 7.65. The number of halogens is 1. The predicted molar refractivity (Wildman–Crippen MR) is 83.6 cm³/mol. The number of carbonyl (C=O) groups excluding carboxylic acids is 2. The van der Waals surface area contributed by atoms with E-state index in [0.717, 1.165) is 5.39 Å². The molecule has 1 amide bonds. The molecule has 1 aliphatic rings. The number of fused-ring (bicyclic) bond motifs is 1. The van der Waals surface area contributed by atoms with Crippen LogP contribution < -0.4 is 0 Å². The smallest absolute Gasteiger partial charge is 0.375 e. The fourth-order valence-corrected chi connectivity index (χ4v) is 2.66. The third-order valence-corrected chi connectivity index (χ3v) is 4.01. The molecular formula is C16H16ClNO5. The van der Waals surface area contributed by atoms with Crippen molar-refractivity contribution in [2.45, 2.75) is 6.92 Å². The van der Waals surface area contributed by atoms with Gasteiger partial charge in [-0.1, -0.05) is 11.6 Å². The van der Waals surface area contributed by atoms with Crippen LogP contribution in [0.25, 0.3) is 11.0 Å². The van der Waals surface area contributed by atoms with E-state index in [-0.39, 0.29) is 18.3 Å². The number of amides is 1. The molecule has 3 rings (SSSR count). The van der Waals surface area contributed by atoms with Crippen molar-refractivity contribution >= 4 is 34.4 Å². The van der Waals surface area contributed by atoms with Crippen molar-refractivity contribution in [3.05, 3.63) is 34.5 Å². The highest BCUT2D eigenvalue weighted by atomic mass is 35.5. The fraction of sp³-hybridized carbons (Fsp3) is 0.375. The lowest BCUT2D eigenvalue weighted by Gasteiger charge is -2.26. The van der Waals surface area contributed by atoms with Crippen LogP contribution in [0.2, 0.25) is 5.02 Å². The van der Waals surface area contributed by atoms with Crippen molar-refractivity contribution in [2.75, 3.05) is 32.9 Å². The monoisotopic (exact) mass is 337 g/mol. The van der Waals surface area contributed by atoms with Gasteiger partial charge in [0.15, 0.2) is 6.61 Å². The van der Waals surface area contributed by atoms with Crippen molar-refractivity contribution in [3.63, 3.8) is 0 Å². The summed E-state index contributed by atoms with van der Waals surface area (Å²) in [5.74, 6) is -0.799. The highest BCUT2D eigenvalue weighted by molar-refractivity contribution is 6.31. The topological polar surface area (TPSA) is 69.0 Å². The summed E-state index contributed by atoms with van der Waals surface area (Å²) in [5, 5.41) is 1.31. The number of ether oxygens (including phenoxy) is 2. The predicted octanol–water partition coefficient (Wildman–Crippen LogP) is 2.41. The zero-order valence-corrected chi connectivity index (χ0v) is 13.4. The molecule has 1 aromatic heterocycles. The number of furan rings is 1. The van der Waals surface area contributed by atoms with Crippen LogP contribution in [0, 0.1) is 6.92 Å². The summed E-state index contributed by atoms with van der Waals surface area (Å²) >= 11 is 5.95. The summed E-state index contributed by atoms with van der Waals surface area (Å²) < 4.78 is 15.8. The van der Waals surface area contributed by atoms with Gasteiger partial charge in [-0.15, -0.1) is 0 Å². The van der Waals surface area contributed by atoms with Crippen LogP contribution in [0.5, 0.6) is 0 Å². The molecule has 1 saturated heterocycles. The maximum absolute atomic E-state index is 12.2. The number of benzene rings is 1. The van der Waals surface area contributed by atoms with Gasteiger partial charge in [0.25, 0.3) is 5.91 Å². The van der Waals surface area contributed by atoms with Crippen LogP contribution >= 0.6 is 11.6 Å². The van der Waals surface area contributed by atoms with E-state index in [4.69, 9.17) is 25.5 Å². The van der Waals surface area contributed by atoms with Crippen molar-refractivity contribution in [3.8, 4) is 0 Å². The number of rotatable bonds is 3. The molecule has 0 radical (unpaired) electrons. The van der Waals surface area contributed by atoms with Crippen molar-refractivity contribution in [1.82, 2.24) is 4.90 Å². The lowest BCUT2D eigenvalue weighted by atomic mass is 10.1. The molecule has 7 heteroatoms. The molecule has 1 fully saturated rings. The van der Waals surface area contributed by atoms with Gasteiger partial charge < -0.3 is 18.8 Å². The van der Waals surface area contributed by atoms with E-state index in [9.17, 15) is 9.59 Å². The number of carbonyl (C=O) groups is 2. The average Bonchev–Trinajstić information content (AvgIpc) is 2.90. The van der Waals surface area contributed by atoms with Crippen molar-refractivity contribution in [2.24, 2.45) is 0 Å². The van der Waals surface area contributed by atoms with E-state index in [1.165, 1.54) is 0 Å². The molecule has 2 heterocycles. The average molecular weight is 338 g/mol. The van der Waals surface area contributed by atoms with Gasteiger partial charge in [-0.25, -0.2) is 4.79 Å². The van der Waals surface area contributed by atoms with Gasteiger partial charge in [-0.2, -0.15) is 0 Å². The molecule has 1 aromatic carbocycles. The molecule has 0 unspecified atom stereocenters. The SMILES string of the molecule is Cc1c(C(=O)OCC(=O)N2CCOCC2)oc2ccc(Cl)cc12. The number of hydrogen-bond donors (Lipinski definition) is 0. The van der Waals surface area contributed by atoms with E-state index < -0.39 is 5.97 Å². The summed E-state index contributed by atoms with van der Waals surface area (Å²) in [6.07, 6.45) is 0. The normalized spacial score (nSPS) is 15.0. The standard InChI is InChI=1S/C16H16ClNO5/c1-10-12-8-11(17)2-3-13(12)23-15(10)16(20)22-9-14(19)18-4-6-21-7-5-18/h2-3,8H,4-7,9H2,1H3. The molecule has 1 aliphatic heterocycles. The number of morpholine rings is 1. The summed E-state index contributed by atoms with van der Waals surface area (Å²) in [4.78, 5) is 25.8. The van der Waals surface area contributed by atoms with Gasteiger partial charge in [0.1, 0.15) is 5.58 Å². The molecule has 23 heavy (non-hydrogen) atoms. The van der Waals surface area contributed by atoms with Crippen LogP contribution in [0.1, 0.15) is 16.1 Å². The molecule has 6 nitrogen and oxygen atoms in total. The second-order valence-electron chi connectivity index (χ2n) is 5.27. The van der Waals surface area contributed by atoms with E-state index >= 15 is 0 Å². The molecule has 0 saturated carbocycles. The Kier molecular flexibility index (Phi) is 4.54. The number of aryl methyl sites for hydroxylation is 1.